The second kappa shape index (κ2) is 4.75. The van der Waals surface area contributed by atoms with Gasteiger partial charge in [-0.2, -0.15) is 0 Å². The number of amidine groups is 1. The Morgan fingerprint density at radius 2 is 2.09 bits per heavy atom. The molecule has 1 spiro atoms. The average Bonchev–Trinajstić information content (AvgIpc) is 2.35. The van der Waals surface area contributed by atoms with Gasteiger partial charge in [0.2, 0.25) is 0 Å². The maximum Gasteiger partial charge on any atom is 0.166 e. The van der Waals surface area contributed by atoms with E-state index in [4.69, 9.17) is 5.73 Å². The Morgan fingerprint density at radius 3 is 2.64 bits per heavy atom. The van der Waals surface area contributed by atoms with Crippen molar-refractivity contribution in [2.45, 2.75) is 36.2 Å². The van der Waals surface area contributed by atoms with Gasteiger partial charge >= 0.3 is 0 Å². The third-order valence-electron chi connectivity index (χ3n) is 4.54. The Hall–Kier alpha value is -0.990. The maximum absolute atomic E-state index is 14.2. The van der Waals surface area contributed by atoms with Gasteiger partial charge in [-0.25, -0.2) is 12.8 Å². The van der Waals surface area contributed by atoms with Gasteiger partial charge in [-0.05, 0) is 25.1 Å². The number of sulfone groups is 1. The van der Waals surface area contributed by atoms with Gasteiger partial charge in [0, 0.05) is 22.9 Å². The van der Waals surface area contributed by atoms with Crippen LogP contribution in [0.5, 0.6) is 0 Å². The molecule has 0 saturated heterocycles. The number of halogens is 2. The van der Waals surface area contributed by atoms with Crippen molar-refractivity contribution in [2.24, 2.45) is 10.7 Å². The fourth-order valence-corrected chi connectivity index (χ4v) is 6.13. The topological polar surface area (TPSA) is 92.8 Å². The molecule has 1 fully saturated rings. The molecule has 1 saturated carbocycles. The summed E-state index contributed by atoms with van der Waals surface area (Å²) in [6.07, 6.45) is -0.570. The Labute approximate surface area is 136 Å². The van der Waals surface area contributed by atoms with Crippen molar-refractivity contribution in [3.05, 3.63) is 34.1 Å². The van der Waals surface area contributed by atoms with E-state index in [9.17, 15) is 17.9 Å². The lowest BCUT2D eigenvalue weighted by Gasteiger charge is -2.48. The molecule has 1 aromatic carbocycles. The molecule has 1 aliphatic heterocycles. The van der Waals surface area contributed by atoms with E-state index in [2.05, 4.69) is 20.9 Å². The highest BCUT2D eigenvalue weighted by molar-refractivity contribution is 9.10. The molecule has 3 rings (SSSR count). The van der Waals surface area contributed by atoms with Gasteiger partial charge in [-0.15, -0.1) is 0 Å². The lowest BCUT2D eigenvalue weighted by atomic mass is 9.79. The third-order valence-corrected chi connectivity index (χ3v) is 7.71. The minimum absolute atomic E-state index is 0.0362. The van der Waals surface area contributed by atoms with Crippen LogP contribution in [-0.4, -0.2) is 36.0 Å². The summed E-state index contributed by atoms with van der Waals surface area (Å²) in [6, 6.07) is 4.33. The highest BCUT2D eigenvalue weighted by atomic mass is 79.9. The fraction of sp³-hybridized carbons (Fsp3) is 0.500. The second-order valence-electron chi connectivity index (χ2n) is 6.21. The van der Waals surface area contributed by atoms with Crippen molar-refractivity contribution in [2.75, 3.05) is 5.75 Å². The van der Waals surface area contributed by atoms with Crippen LogP contribution < -0.4 is 5.73 Å². The van der Waals surface area contributed by atoms with Crippen molar-refractivity contribution < 1.29 is 17.9 Å². The highest BCUT2D eigenvalue weighted by Crippen LogP contribution is 2.47. The van der Waals surface area contributed by atoms with Gasteiger partial charge in [0.15, 0.2) is 9.84 Å². The van der Waals surface area contributed by atoms with Crippen molar-refractivity contribution in [1.29, 1.82) is 0 Å². The Bertz CT molecular complexity index is 774. The molecule has 1 aliphatic carbocycles. The second-order valence-corrected chi connectivity index (χ2v) is 9.43. The van der Waals surface area contributed by atoms with Gasteiger partial charge < -0.3 is 10.8 Å². The van der Waals surface area contributed by atoms with Crippen LogP contribution in [0.25, 0.3) is 0 Å². The number of aliphatic hydroxyl groups is 1. The summed E-state index contributed by atoms with van der Waals surface area (Å²) in [7, 11) is -3.65. The van der Waals surface area contributed by atoms with E-state index in [-0.39, 0.29) is 30.0 Å². The smallest absolute Gasteiger partial charge is 0.166 e. The van der Waals surface area contributed by atoms with E-state index < -0.39 is 32.0 Å². The Kier molecular flexibility index (Phi) is 3.43. The molecule has 1 heterocycles. The standard InChI is InChI=1S/C14H16BrFN2O3S/c1-13(10-4-8(15)2-3-11(10)16)7-22(20,21)14(12(17)18-13)5-9(19)6-14/h2-4,9,19H,5-7H2,1H3,(H2,17,18). The molecule has 5 nitrogen and oxygen atoms in total. The quantitative estimate of drug-likeness (QED) is 0.759. The van der Waals surface area contributed by atoms with Crippen LogP contribution in [0.1, 0.15) is 25.3 Å². The number of hydrogen-bond donors (Lipinski definition) is 2. The minimum Gasteiger partial charge on any atom is -0.393 e. The summed E-state index contributed by atoms with van der Waals surface area (Å²) in [5.74, 6) is -0.895. The van der Waals surface area contributed by atoms with Crippen molar-refractivity contribution in [3.8, 4) is 0 Å². The molecule has 1 aromatic rings. The molecule has 0 amide bonds. The van der Waals surface area contributed by atoms with Crippen LogP contribution in [0.15, 0.2) is 27.7 Å². The summed E-state index contributed by atoms with van der Waals surface area (Å²) >= 11 is 3.26. The van der Waals surface area contributed by atoms with Crippen LogP contribution in [0, 0.1) is 5.82 Å². The van der Waals surface area contributed by atoms with E-state index in [1.807, 2.05) is 0 Å². The molecule has 1 unspecified atom stereocenters. The van der Waals surface area contributed by atoms with Crippen LogP contribution in [0.2, 0.25) is 0 Å². The van der Waals surface area contributed by atoms with E-state index in [0.717, 1.165) is 0 Å². The number of nitrogens with zero attached hydrogens (tertiary/aromatic N) is 1. The van der Waals surface area contributed by atoms with E-state index in [1.165, 1.54) is 18.2 Å². The first-order valence-electron chi connectivity index (χ1n) is 6.81. The molecule has 0 aromatic heterocycles. The monoisotopic (exact) mass is 390 g/mol. The first-order valence-corrected chi connectivity index (χ1v) is 9.26. The minimum atomic E-state index is -3.65. The first kappa shape index (κ1) is 15.9. The zero-order valence-electron chi connectivity index (χ0n) is 11.9. The van der Waals surface area contributed by atoms with E-state index >= 15 is 0 Å². The van der Waals surface area contributed by atoms with Crippen LogP contribution >= 0.6 is 15.9 Å². The molecule has 1 atom stereocenters. The molecule has 120 valence electrons. The summed E-state index contributed by atoms with van der Waals surface area (Å²) in [6.45, 7) is 1.56. The molecule has 0 radical (unpaired) electrons. The first-order chi connectivity index (χ1) is 10.1. The van der Waals surface area contributed by atoms with Crippen molar-refractivity contribution in [3.63, 3.8) is 0 Å². The lowest BCUT2D eigenvalue weighted by molar-refractivity contribution is 0.0785. The number of rotatable bonds is 1. The normalized spacial score (nSPS) is 36.7. The van der Waals surface area contributed by atoms with Crippen molar-refractivity contribution in [1.82, 2.24) is 0 Å². The van der Waals surface area contributed by atoms with Crippen LogP contribution in [-0.2, 0) is 15.4 Å². The summed E-state index contributed by atoms with van der Waals surface area (Å²) in [5.41, 5.74) is 4.85. The zero-order valence-corrected chi connectivity index (χ0v) is 14.3. The third kappa shape index (κ3) is 2.11. The molecule has 3 N–H and O–H groups in total. The van der Waals surface area contributed by atoms with Gasteiger partial charge in [0.1, 0.15) is 21.9 Å². The van der Waals surface area contributed by atoms with Gasteiger partial charge in [0.25, 0.3) is 0 Å². The number of benzene rings is 1. The van der Waals surface area contributed by atoms with Crippen LogP contribution in [0.3, 0.4) is 0 Å². The predicted molar refractivity (Wildman–Crippen MR) is 84.8 cm³/mol. The van der Waals surface area contributed by atoms with E-state index in [1.54, 1.807) is 6.92 Å². The Morgan fingerprint density at radius 1 is 1.45 bits per heavy atom. The summed E-state index contributed by atoms with van der Waals surface area (Å²) in [5, 5.41) is 9.50. The van der Waals surface area contributed by atoms with Gasteiger partial charge in [-0.3, -0.25) is 4.99 Å². The number of nitrogens with two attached hydrogens (primary N) is 1. The molecular formula is C14H16BrFN2O3S. The highest BCUT2D eigenvalue weighted by Gasteiger charge is 2.61. The average molecular weight is 391 g/mol. The number of aliphatic hydroxyl groups excluding tert-OH is 1. The SMILES string of the molecule is CC1(c2cc(Br)ccc2F)CS(=O)(=O)C2(CC(O)C2)C(N)=N1. The van der Waals surface area contributed by atoms with Gasteiger partial charge in [-0.1, -0.05) is 15.9 Å². The van der Waals surface area contributed by atoms with Crippen molar-refractivity contribution >= 4 is 31.6 Å². The summed E-state index contributed by atoms with van der Waals surface area (Å²) < 4.78 is 39.0. The predicted octanol–water partition coefficient (Wildman–Crippen LogP) is 1.48. The molecule has 22 heavy (non-hydrogen) atoms. The fourth-order valence-electron chi connectivity index (χ4n) is 3.28. The van der Waals surface area contributed by atoms with E-state index in [0.29, 0.717) is 4.47 Å². The molecule has 2 aliphatic rings. The molecular weight excluding hydrogens is 375 g/mol. The zero-order chi connectivity index (χ0) is 16.3. The number of aliphatic imine (C=N–C) groups is 1. The summed E-state index contributed by atoms with van der Waals surface area (Å²) in [4.78, 5) is 4.34. The molecule has 8 heteroatoms. The van der Waals surface area contributed by atoms with Gasteiger partial charge in [0.05, 0.1) is 11.9 Å². The maximum atomic E-state index is 14.2. The largest absolute Gasteiger partial charge is 0.393 e. The van der Waals surface area contributed by atoms with Crippen LogP contribution in [0.4, 0.5) is 4.39 Å². The Balaban J connectivity index is 2.14. The molecule has 0 bridgehead atoms. The number of hydrogen-bond acceptors (Lipinski definition) is 5. The lowest BCUT2D eigenvalue weighted by Crippen LogP contribution is -2.65.